The van der Waals surface area contributed by atoms with Gasteiger partial charge in [-0.2, -0.15) is 0 Å². The van der Waals surface area contributed by atoms with Crippen LogP contribution in [0.5, 0.6) is 5.75 Å². The monoisotopic (exact) mass is 447 g/mol. The summed E-state index contributed by atoms with van der Waals surface area (Å²) in [5, 5.41) is 0.384. The van der Waals surface area contributed by atoms with E-state index in [2.05, 4.69) is 0 Å². The predicted molar refractivity (Wildman–Crippen MR) is 113 cm³/mol. The van der Waals surface area contributed by atoms with Gasteiger partial charge in [-0.05, 0) is 37.5 Å². The van der Waals surface area contributed by atoms with Crippen LogP contribution in [0.1, 0.15) is 41.6 Å². The molecule has 1 saturated carbocycles. The Hall–Kier alpha value is -2.93. The third-order valence-corrected chi connectivity index (χ3v) is 5.97. The van der Waals surface area contributed by atoms with Gasteiger partial charge in [0, 0.05) is 30.1 Å². The molecule has 3 rings (SSSR count). The van der Waals surface area contributed by atoms with Crippen molar-refractivity contribution in [3.05, 3.63) is 64.4 Å². The molecule has 1 fully saturated rings. The Morgan fingerprint density at radius 3 is 2.58 bits per heavy atom. The number of carbonyl (C=O) groups excluding carboxylic acids is 3. The highest BCUT2D eigenvalue weighted by molar-refractivity contribution is 6.31. The highest BCUT2D eigenvalue weighted by atomic mass is 35.5. The zero-order chi connectivity index (χ0) is 22.6. The van der Waals surface area contributed by atoms with Gasteiger partial charge < -0.3 is 14.4 Å². The van der Waals surface area contributed by atoms with E-state index < -0.39 is 29.8 Å². The van der Waals surface area contributed by atoms with E-state index in [1.165, 1.54) is 31.2 Å². The van der Waals surface area contributed by atoms with E-state index in [0.29, 0.717) is 23.4 Å². The van der Waals surface area contributed by atoms with Gasteiger partial charge in [-0.25, -0.2) is 9.18 Å². The van der Waals surface area contributed by atoms with Crippen LogP contribution < -0.4 is 4.74 Å². The number of Topliss-reactive ketones (excluding diaryl/α,β-unsaturated/α-hetero) is 1. The zero-order valence-corrected chi connectivity index (χ0v) is 18.1. The van der Waals surface area contributed by atoms with Crippen LogP contribution in [0.2, 0.25) is 5.02 Å². The third kappa shape index (κ3) is 4.42. The van der Waals surface area contributed by atoms with Gasteiger partial charge in [-0.1, -0.05) is 29.8 Å². The second-order valence-electron chi connectivity index (χ2n) is 7.35. The van der Waals surface area contributed by atoms with Crippen LogP contribution in [0, 0.1) is 5.82 Å². The van der Waals surface area contributed by atoms with E-state index >= 15 is 0 Å². The quantitative estimate of drug-likeness (QED) is 0.622. The molecule has 0 bridgehead atoms. The highest BCUT2D eigenvalue weighted by Crippen LogP contribution is 2.42. The number of nitrogens with zero attached hydrogens (tertiary/aromatic N) is 1. The van der Waals surface area contributed by atoms with Gasteiger partial charge in [-0.3, -0.25) is 9.59 Å². The summed E-state index contributed by atoms with van der Waals surface area (Å²) in [4.78, 5) is 39.6. The van der Waals surface area contributed by atoms with Crippen molar-refractivity contribution in [2.75, 3.05) is 20.8 Å². The second kappa shape index (κ2) is 9.47. The first kappa shape index (κ1) is 22.7. The zero-order valence-electron chi connectivity index (χ0n) is 17.3. The number of hydrogen-bond donors (Lipinski definition) is 0. The van der Waals surface area contributed by atoms with E-state index in [1.807, 2.05) is 0 Å². The Morgan fingerprint density at radius 2 is 1.94 bits per heavy atom. The van der Waals surface area contributed by atoms with Crippen LogP contribution in [0.25, 0.3) is 0 Å². The van der Waals surface area contributed by atoms with E-state index in [9.17, 15) is 18.8 Å². The molecule has 8 heteroatoms. The summed E-state index contributed by atoms with van der Waals surface area (Å²) < 4.78 is 24.1. The molecule has 0 heterocycles. The molecule has 31 heavy (non-hydrogen) atoms. The third-order valence-electron chi connectivity index (χ3n) is 5.64. The average Bonchev–Trinajstić information content (AvgIpc) is 2.77. The molecular formula is C23H23ClFNO5. The summed E-state index contributed by atoms with van der Waals surface area (Å²) in [6, 6.07) is 10.6. The van der Waals surface area contributed by atoms with E-state index in [0.717, 1.165) is 18.9 Å². The maximum atomic E-state index is 14.1. The van der Waals surface area contributed by atoms with Crippen LogP contribution in [-0.4, -0.2) is 43.3 Å². The van der Waals surface area contributed by atoms with Gasteiger partial charge in [0.15, 0.2) is 12.4 Å². The molecule has 1 atom stereocenters. The van der Waals surface area contributed by atoms with Crippen molar-refractivity contribution in [2.45, 2.75) is 31.2 Å². The lowest BCUT2D eigenvalue weighted by molar-refractivity contribution is -0.150. The molecule has 2 aromatic rings. The number of amides is 1. The number of likely N-dealkylation sites (N-methyl/N-ethyl adjacent to an activating group) is 1. The van der Waals surface area contributed by atoms with Crippen molar-refractivity contribution in [3.8, 4) is 5.75 Å². The fraction of sp³-hybridized carbons (Fsp3) is 0.348. The van der Waals surface area contributed by atoms with Crippen LogP contribution >= 0.6 is 11.6 Å². The predicted octanol–water partition coefficient (Wildman–Crippen LogP) is 4.14. The van der Waals surface area contributed by atoms with Crippen molar-refractivity contribution < 1.29 is 28.2 Å². The van der Waals surface area contributed by atoms with Crippen LogP contribution in [-0.2, 0) is 19.9 Å². The number of benzene rings is 2. The number of rotatable bonds is 6. The maximum absolute atomic E-state index is 14.1. The van der Waals surface area contributed by atoms with Crippen molar-refractivity contribution in [1.29, 1.82) is 0 Å². The Balaban J connectivity index is 1.80. The smallest absolute Gasteiger partial charge is 0.341 e. The normalized spacial score (nSPS) is 18.4. The first-order valence-electron chi connectivity index (χ1n) is 9.87. The minimum absolute atomic E-state index is 0.116. The Kier molecular flexibility index (Phi) is 6.95. The lowest BCUT2D eigenvalue weighted by Crippen LogP contribution is -2.55. The lowest BCUT2D eigenvalue weighted by atomic mass is 9.74. The number of esters is 1. The van der Waals surface area contributed by atoms with Gasteiger partial charge >= 0.3 is 5.97 Å². The minimum atomic E-state index is -1.23. The number of ether oxygens (including phenoxy) is 2. The van der Waals surface area contributed by atoms with Gasteiger partial charge in [0.1, 0.15) is 17.1 Å². The molecule has 1 aliphatic carbocycles. The molecule has 0 aliphatic heterocycles. The minimum Gasteiger partial charge on any atom is -0.497 e. The van der Waals surface area contributed by atoms with Crippen LogP contribution in [0.3, 0.4) is 0 Å². The molecule has 0 saturated heterocycles. The first-order chi connectivity index (χ1) is 14.8. The Morgan fingerprint density at radius 1 is 1.19 bits per heavy atom. The molecule has 1 unspecified atom stereocenters. The molecule has 6 nitrogen and oxygen atoms in total. The SMILES string of the molecule is COc1ccc(C(=O)OCC(=O)N(C)C2(c3ccccc3Cl)CCCCC2=O)c(F)c1. The molecule has 0 N–H and O–H groups in total. The van der Waals surface area contributed by atoms with Gasteiger partial charge in [0.05, 0.1) is 12.7 Å². The van der Waals surface area contributed by atoms with Gasteiger partial charge in [-0.15, -0.1) is 0 Å². The van der Waals surface area contributed by atoms with Gasteiger partial charge in [0.25, 0.3) is 5.91 Å². The number of ketones is 1. The highest BCUT2D eigenvalue weighted by Gasteiger charge is 2.48. The summed E-state index contributed by atoms with van der Waals surface area (Å²) in [5.74, 6) is -2.25. The first-order valence-corrected chi connectivity index (χ1v) is 10.2. The molecular weight excluding hydrogens is 425 g/mol. The molecule has 0 spiro atoms. The number of hydrogen-bond acceptors (Lipinski definition) is 5. The lowest BCUT2D eigenvalue weighted by Gasteiger charge is -2.43. The largest absolute Gasteiger partial charge is 0.497 e. The van der Waals surface area contributed by atoms with Crippen LogP contribution in [0.15, 0.2) is 42.5 Å². The molecule has 164 valence electrons. The fourth-order valence-corrected chi connectivity index (χ4v) is 4.22. The summed E-state index contributed by atoms with van der Waals surface area (Å²) in [6.45, 7) is -0.639. The second-order valence-corrected chi connectivity index (χ2v) is 7.75. The maximum Gasteiger partial charge on any atom is 0.341 e. The summed E-state index contributed by atoms with van der Waals surface area (Å²) in [5.41, 5.74) is -0.999. The molecule has 1 amide bonds. The summed E-state index contributed by atoms with van der Waals surface area (Å²) in [6.07, 6.45) is 2.21. The van der Waals surface area contributed by atoms with Crippen molar-refractivity contribution in [3.63, 3.8) is 0 Å². The Labute approximate surface area is 184 Å². The van der Waals surface area contributed by atoms with Crippen LogP contribution in [0.4, 0.5) is 4.39 Å². The van der Waals surface area contributed by atoms with E-state index in [-0.39, 0.29) is 17.1 Å². The topological polar surface area (TPSA) is 72.9 Å². The molecule has 1 aliphatic rings. The fourth-order valence-electron chi connectivity index (χ4n) is 3.93. The van der Waals surface area contributed by atoms with Gasteiger partial charge in [0.2, 0.25) is 0 Å². The van der Waals surface area contributed by atoms with Crippen molar-refractivity contribution in [2.24, 2.45) is 0 Å². The van der Waals surface area contributed by atoms with E-state index in [1.54, 1.807) is 24.3 Å². The number of carbonyl (C=O) groups is 3. The molecule has 0 radical (unpaired) electrons. The average molecular weight is 448 g/mol. The summed E-state index contributed by atoms with van der Waals surface area (Å²) >= 11 is 6.38. The Bertz CT molecular complexity index is 1010. The standard InChI is InChI=1S/C23H23ClFNO5/c1-26(21(28)14-31-22(29)16-11-10-15(30-2)13-19(16)25)23(12-6-5-9-20(23)27)17-7-3-4-8-18(17)24/h3-4,7-8,10-11,13H,5-6,9,12,14H2,1-2H3. The van der Waals surface area contributed by atoms with E-state index in [4.69, 9.17) is 21.1 Å². The molecule has 2 aromatic carbocycles. The summed E-state index contributed by atoms with van der Waals surface area (Å²) in [7, 11) is 2.87. The van der Waals surface area contributed by atoms with Crippen molar-refractivity contribution in [1.82, 2.24) is 4.90 Å². The number of methoxy groups -OCH3 is 1. The van der Waals surface area contributed by atoms with Crippen molar-refractivity contribution >= 4 is 29.3 Å². The number of halogens is 2. The molecule has 0 aromatic heterocycles.